The molecule has 2 amide bonds. The molecule has 0 aromatic heterocycles. The van der Waals surface area contributed by atoms with Crippen LogP contribution in [0.3, 0.4) is 0 Å². The molecule has 21 heavy (non-hydrogen) atoms. The van der Waals surface area contributed by atoms with E-state index in [1.807, 2.05) is 45.0 Å². The van der Waals surface area contributed by atoms with Gasteiger partial charge in [0.25, 0.3) is 11.1 Å². The first-order valence-corrected chi connectivity index (χ1v) is 7.89. The number of hydrogen-bond donors (Lipinski definition) is 0. The summed E-state index contributed by atoms with van der Waals surface area (Å²) in [5, 5.41) is -0.200. The molecule has 0 N–H and O–H groups in total. The molecule has 5 heteroatoms. The molecule has 4 nitrogen and oxygen atoms in total. The molecular formula is C16H19NO3S. The summed E-state index contributed by atoms with van der Waals surface area (Å²) < 4.78 is 5.54. The van der Waals surface area contributed by atoms with Gasteiger partial charge in [-0.05, 0) is 44.2 Å². The summed E-state index contributed by atoms with van der Waals surface area (Å²) in [6.07, 6.45) is 2.49. The van der Waals surface area contributed by atoms with Crippen LogP contribution in [0.4, 0.5) is 4.79 Å². The lowest BCUT2D eigenvalue weighted by molar-refractivity contribution is -0.124. The molecule has 1 aliphatic heterocycles. The van der Waals surface area contributed by atoms with Crippen molar-refractivity contribution in [3.8, 4) is 5.75 Å². The Labute approximate surface area is 129 Å². The quantitative estimate of drug-likeness (QED) is 0.774. The lowest BCUT2D eigenvalue weighted by atomic mass is 10.1. The molecule has 1 aromatic carbocycles. The zero-order valence-electron chi connectivity index (χ0n) is 12.5. The number of carbonyl (C=O) groups excluding carboxylic acids is 2. The van der Waals surface area contributed by atoms with Gasteiger partial charge in [-0.1, -0.05) is 25.1 Å². The van der Waals surface area contributed by atoms with E-state index in [4.69, 9.17) is 4.74 Å². The molecule has 1 heterocycles. The van der Waals surface area contributed by atoms with Crippen molar-refractivity contribution in [1.29, 1.82) is 0 Å². The van der Waals surface area contributed by atoms with Gasteiger partial charge in [0.2, 0.25) is 0 Å². The van der Waals surface area contributed by atoms with Crippen molar-refractivity contribution in [1.82, 2.24) is 4.90 Å². The maximum absolute atomic E-state index is 12.4. The van der Waals surface area contributed by atoms with Crippen LogP contribution in [0.5, 0.6) is 5.75 Å². The standard InChI is InChI=1S/C16H19NO3S/c1-4-11(3)17-15(18)14(21-16(17)19)10-12-8-6-7-9-13(12)20-5-2/h6-11H,4-5H2,1-3H3/b14-10+/t11-/m1/s1. The molecule has 0 aliphatic carbocycles. The summed E-state index contributed by atoms with van der Waals surface area (Å²) in [6.45, 7) is 6.31. The Bertz CT molecular complexity index is 583. The minimum absolute atomic E-state index is 0.0782. The van der Waals surface area contributed by atoms with Gasteiger partial charge in [-0.25, -0.2) is 0 Å². The van der Waals surface area contributed by atoms with Gasteiger partial charge in [-0.15, -0.1) is 0 Å². The van der Waals surface area contributed by atoms with E-state index in [1.54, 1.807) is 6.08 Å². The molecule has 1 aromatic rings. The molecule has 0 radical (unpaired) electrons. The lowest BCUT2D eigenvalue weighted by Crippen LogP contribution is -2.36. The molecule has 0 spiro atoms. The van der Waals surface area contributed by atoms with Gasteiger partial charge in [-0.3, -0.25) is 14.5 Å². The fraction of sp³-hybridized carbons (Fsp3) is 0.375. The van der Waals surface area contributed by atoms with E-state index in [9.17, 15) is 9.59 Å². The first kappa shape index (κ1) is 15.6. The monoisotopic (exact) mass is 305 g/mol. The van der Waals surface area contributed by atoms with Crippen LogP contribution in [0.15, 0.2) is 29.2 Å². The summed E-state index contributed by atoms with van der Waals surface area (Å²) in [7, 11) is 0. The summed E-state index contributed by atoms with van der Waals surface area (Å²) in [5.74, 6) is 0.501. The topological polar surface area (TPSA) is 46.6 Å². The Morgan fingerprint density at radius 1 is 1.29 bits per heavy atom. The predicted molar refractivity (Wildman–Crippen MR) is 85.2 cm³/mol. The fourth-order valence-corrected chi connectivity index (χ4v) is 2.99. The van der Waals surface area contributed by atoms with Crippen LogP contribution >= 0.6 is 11.8 Å². The molecule has 0 bridgehead atoms. The highest BCUT2D eigenvalue weighted by Crippen LogP contribution is 2.35. The molecule has 0 saturated carbocycles. The van der Waals surface area contributed by atoms with Crippen LogP contribution in [0.2, 0.25) is 0 Å². The van der Waals surface area contributed by atoms with Crippen molar-refractivity contribution >= 4 is 29.0 Å². The normalized spacial score (nSPS) is 18.4. The predicted octanol–water partition coefficient (Wildman–Crippen LogP) is 3.92. The highest BCUT2D eigenvalue weighted by molar-refractivity contribution is 8.18. The number of nitrogens with zero attached hydrogens (tertiary/aromatic N) is 1. The third kappa shape index (κ3) is 3.29. The Hall–Kier alpha value is -1.75. The van der Waals surface area contributed by atoms with E-state index < -0.39 is 0 Å². The van der Waals surface area contributed by atoms with Crippen molar-refractivity contribution in [2.45, 2.75) is 33.2 Å². The number of para-hydroxylation sites is 1. The van der Waals surface area contributed by atoms with E-state index in [0.717, 1.165) is 29.5 Å². The zero-order valence-corrected chi connectivity index (χ0v) is 13.3. The second-order valence-corrected chi connectivity index (χ2v) is 5.77. The van der Waals surface area contributed by atoms with Gasteiger partial charge in [0, 0.05) is 11.6 Å². The van der Waals surface area contributed by atoms with Crippen LogP contribution in [0.1, 0.15) is 32.8 Å². The van der Waals surface area contributed by atoms with Gasteiger partial charge in [0.05, 0.1) is 11.5 Å². The summed E-state index contributed by atoms with van der Waals surface area (Å²) in [6, 6.07) is 7.42. The van der Waals surface area contributed by atoms with E-state index in [0.29, 0.717) is 11.5 Å². The van der Waals surface area contributed by atoms with Crippen molar-refractivity contribution in [2.75, 3.05) is 6.61 Å². The highest BCUT2D eigenvalue weighted by atomic mass is 32.2. The van der Waals surface area contributed by atoms with Crippen LogP contribution in [-0.4, -0.2) is 28.7 Å². The summed E-state index contributed by atoms with van der Waals surface area (Å²) in [5.41, 5.74) is 0.814. The average molecular weight is 305 g/mol. The Balaban J connectivity index is 2.31. The maximum Gasteiger partial charge on any atom is 0.293 e. The van der Waals surface area contributed by atoms with Gasteiger partial charge in [0.1, 0.15) is 5.75 Å². The number of ether oxygens (including phenoxy) is 1. The second-order valence-electron chi connectivity index (χ2n) is 4.78. The first-order valence-electron chi connectivity index (χ1n) is 7.07. The van der Waals surface area contributed by atoms with Crippen LogP contribution < -0.4 is 4.74 Å². The van der Waals surface area contributed by atoms with Crippen molar-refractivity contribution in [3.05, 3.63) is 34.7 Å². The third-order valence-electron chi connectivity index (χ3n) is 3.36. The largest absolute Gasteiger partial charge is 0.493 e. The van der Waals surface area contributed by atoms with Gasteiger partial charge < -0.3 is 4.74 Å². The van der Waals surface area contributed by atoms with Crippen LogP contribution in [-0.2, 0) is 4.79 Å². The highest BCUT2D eigenvalue weighted by Gasteiger charge is 2.37. The van der Waals surface area contributed by atoms with Gasteiger partial charge >= 0.3 is 0 Å². The minimum Gasteiger partial charge on any atom is -0.493 e. The lowest BCUT2D eigenvalue weighted by Gasteiger charge is -2.19. The first-order chi connectivity index (χ1) is 10.1. The fourth-order valence-electron chi connectivity index (χ4n) is 2.07. The number of imide groups is 1. The maximum atomic E-state index is 12.4. The summed E-state index contributed by atoms with van der Waals surface area (Å²) in [4.78, 5) is 26.1. The van der Waals surface area contributed by atoms with Crippen LogP contribution in [0.25, 0.3) is 6.08 Å². The van der Waals surface area contributed by atoms with Crippen molar-refractivity contribution in [2.24, 2.45) is 0 Å². The molecule has 112 valence electrons. The van der Waals surface area contributed by atoms with Crippen molar-refractivity contribution in [3.63, 3.8) is 0 Å². The van der Waals surface area contributed by atoms with E-state index in [-0.39, 0.29) is 17.2 Å². The number of carbonyl (C=O) groups is 2. The minimum atomic E-state index is -0.217. The summed E-state index contributed by atoms with van der Waals surface area (Å²) >= 11 is 0.990. The molecule has 1 fully saturated rings. The molecule has 1 aliphatic rings. The Kier molecular flexibility index (Phi) is 5.07. The smallest absolute Gasteiger partial charge is 0.293 e. The number of thioether (sulfide) groups is 1. The van der Waals surface area contributed by atoms with Crippen LogP contribution in [0, 0.1) is 0 Å². The molecule has 2 rings (SSSR count). The van der Waals surface area contributed by atoms with E-state index in [1.165, 1.54) is 4.90 Å². The molecule has 1 saturated heterocycles. The SMILES string of the molecule is CCOc1ccccc1/C=C1/SC(=O)N([C@H](C)CC)C1=O. The number of hydrogen-bond acceptors (Lipinski definition) is 4. The number of benzene rings is 1. The van der Waals surface area contributed by atoms with Gasteiger partial charge in [0.15, 0.2) is 0 Å². The average Bonchev–Trinajstić information content (AvgIpc) is 2.75. The zero-order chi connectivity index (χ0) is 15.4. The molecule has 0 unspecified atom stereocenters. The number of rotatable bonds is 5. The Morgan fingerprint density at radius 2 is 2.00 bits per heavy atom. The third-order valence-corrected chi connectivity index (χ3v) is 4.24. The van der Waals surface area contributed by atoms with E-state index >= 15 is 0 Å². The Morgan fingerprint density at radius 3 is 2.67 bits per heavy atom. The molecule has 1 atom stereocenters. The second kappa shape index (κ2) is 6.80. The number of amides is 2. The van der Waals surface area contributed by atoms with Gasteiger partial charge in [-0.2, -0.15) is 0 Å². The van der Waals surface area contributed by atoms with Crippen molar-refractivity contribution < 1.29 is 14.3 Å². The van der Waals surface area contributed by atoms with E-state index in [2.05, 4.69) is 0 Å². The molecular weight excluding hydrogens is 286 g/mol.